The molecule has 5 nitrogen and oxygen atoms in total. The maximum absolute atomic E-state index is 12.4. The maximum Gasteiger partial charge on any atom is 0.317 e. The number of piperidine rings is 1. The molecule has 2 aliphatic heterocycles. The normalized spacial score (nSPS) is 25.5. The Bertz CT molecular complexity index is 330. The molecule has 128 valence electrons. The lowest BCUT2D eigenvalue weighted by molar-refractivity contribution is 0.110. The van der Waals surface area contributed by atoms with Crippen LogP contribution in [0.4, 0.5) is 4.79 Å². The molecule has 2 N–H and O–H groups in total. The molecule has 2 heterocycles. The minimum Gasteiger partial charge on any atom is -0.396 e. The molecule has 2 aliphatic rings. The molecular formula is C17H33N3O2. The van der Waals surface area contributed by atoms with Crippen molar-refractivity contribution in [2.75, 3.05) is 32.8 Å². The van der Waals surface area contributed by atoms with Gasteiger partial charge in [-0.05, 0) is 58.5 Å². The molecule has 2 unspecified atom stereocenters. The average Bonchev–Trinajstić information content (AvgIpc) is 2.82. The van der Waals surface area contributed by atoms with Gasteiger partial charge in [-0.1, -0.05) is 12.8 Å². The number of nitrogens with zero attached hydrogens (tertiary/aromatic N) is 2. The van der Waals surface area contributed by atoms with Crippen LogP contribution in [0.2, 0.25) is 0 Å². The van der Waals surface area contributed by atoms with Gasteiger partial charge in [-0.2, -0.15) is 0 Å². The molecule has 0 aliphatic carbocycles. The number of carbonyl (C=O) groups excluding carboxylic acids is 1. The van der Waals surface area contributed by atoms with Crippen molar-refractivity contribution in [3.05, 3.63) is 0 Å². The number of rotatable bonds is 5. The molecule has 2 atom stereocenters. The molecule has 2 saturated heterocycles. The number of likely N-dealkylation sites (tertiary alicyclic amines) is 2. The van der Waals surface area contributed by atoms with Crippen molar-refractivity contribution >= 4 is 6.03 Å². The van der Waals surface area contributed by atoms with Crippen LogP contribution >= 0.6 is 0 Å². The Morgan fingerprint density at radius 2 is 1.91 bits per heavy atom. The van der Waals surface area contributed by atoms with E-state index in [1.807, 2.05) is 11.8 Å². The first-order valence-corrected chi connectivity index (χ1v) is 9.11. The monoisotopic (exact) mass is 311 g/mol. The molecule has 2 fully saturated rings. The first kappa shape index (κ1) is 17.5. The highest BCUT2D eigenvalue weighted by atomic mass is 16.3. The average molecular weight is 311 g/mol. The van der Waals surface area contributed by atoms with Crippen LogP contribution in [-0.4, -0.2) is 65.8 Å². The van der Waals surface area contributed by atoms with Crippen molar-refractivity contribution < 1.29 is 9.90 Å². The fourth-order valence-corrected chi connectivity index (χ4v) is 3.67. The highest BCUT2D eigenvalue weighted by Crippen LogP contribution is 2.20. The van der Waals surface area contributed by atoms with Crippen LogP contribution in [0.5, 0.6) is 0 Å². The number of amides is 2. The van der Waals surface area contributed by atoms with E-state index in [1.165, 1.54) is 45.2 Å². The second kappa shape index (κ2) is 9.36. The number of aliphatic hydroxyl groups is 1. The Kier molecular flexibility index (Phi) is 7.46. The molecule has 0 bridgehead atoms. The molecule has 2 rings (SSSR count). The summed E-state index contributed by atoms with van der Waals surface area (Å²) < 4.78 is 0. The third-order valence-corrected chi connectivity index (χ3v) is 5.01. The number of urea groups is 1. The van der Waals surface area contributed by atoms with Gasteiger partial charge in [0, 0.05) is 31.8 Å². The van der Waals surface area contributed by atoms with Gasteiger partial charge in [-0.25, -0.2) is 4.79 Å². The molecule has 22 heavy (non-hydrogen) atoms. The summed E-state index contributed by atoms with van der Waals surface area (Å²) in [7, 11) is 0. The molecule has 2 amide bonds. The van der Waals surface area contributed by atoms with Gasteiger partial charge in [-0.15, -0.1) is 0 Å². The fourth-order valence-electron chi connectivity index (χ4n) is 3.67. The number of hydrogen-bond acceptors (Lipinski definition) is 3. The largest absolute Gasteiger partial charge is 0.396 e. The van der Waals surface area contributed by atoms with Gasteiger partial charge in [0.05, 0.1) is 0 Å². The highest BCUT2D eigenvalue weighted by Gasteiger charge is 2.28. The Morgan fingerprint density at radius 3 is 2.59 bits per heavy atom. The Labute approximate surface area is 135 Å². The molecule has 0 spiro atoms. The summed E-state index contributed by atoms with van der Waals surface area (Å²) in [5, 5.41) is 11.9. The smallest absolute Gasteiger partial charge is 0.317 e. The van der Waals surface area contributed by atoms with Crippen molar-refractivity contribution in [1.29, 1.82) is 0 Å². The third kappa shape index (κ3) is 5.43. The first-order valence-electron chi connectivity index (χ1n) is 9.11. The molecule has 0 aromatic heterocycles. The summed E-state index contributed by atoms with van der Waals surface area (Å²) in [4.78, 5) is 17.0. The van der Waals surface area contributed by atoms with Crippen LogP contribution in [0.25, 0.3) is 0 Å². The third-order valence-electron chi connectivity index (χ3n) is 5.01. The first-order chi connectivity index (χ1) is 10.7. The van der Waals surface area contributed by atoms with E-state index in [4.69, 9.17) is 5.11 Å². The van der Waals surface area contributed by atoms with Crippen molar-refractivity contribution in [2.24, 2.45) is 0 Å². The second-order valence-electron chi connectivity index (χ2n) is 6.91. The van der Waals surface area contributed by atoms with Crippen molar-refractivity contribution in [3.63, 3.8) is 0 Å². The predicted molar refractivity (Wildman–Crippen MR) is 88.9 cm³/mol. The van der Waals surface area contributed by atoms with Crippen molar-refractivity contribution in [3.8, 4) is 0 Å². The SMILES string of the molecule is CC(CCCO)NC(=O)N1CCCC(N2CCCCCC2)C1. The zero-order chi connectivity index (χ0) is 15.8. The molecular weight excluding hydrogens is 278 g/mol. The zero-order valence-electron chi connectivity index (χ0n) is 14.1. The lowest BCUT2D eigenvalue weighted by Gasteiger charge is -2.39. The minimum absolute atomic E-state index is 0.0740. The van der Waals surface area contributed by atoms with Gasteiger partial charge in [0.25, 0.3) is 0 Å². The van der Waals surface area contributed by atoms with E-state index in [0.29, 0.717) is 6.04 Å². The van der Waals surface area contributed by atoms with Gasteiger partial charge in [0.2, 0.25) is 0 Å². The Balaban J connectivity index is 1.80. The fraction of sp³-hybridized carbons (Fsp3) is 0.941. The van der Waals surface area contributed by atoms with E-state index < -0.39 is 0 Å². The van der Waals surface area contributed by atoms with E-state index in [-0.39, 0.29) is 18.7 Å². The zero-order valence-corrected chi connectivity index (χ0v) is 14.1. The molecule has 0 aromatic carbocycles. The summed E-state index contributed by atoms with van der Waals surface area (Å²) in [5.41, 5.74) is 0. The van der Waals surface area contributed by atoms with Crippen LogP contribution in [0.1, 0.15) is 58.3 Å². The van der Waals surface area contributed by atoms with Gasteiger partial charge in [0.1, 0.15) is 0 Å². The van der Waals surface area contributed by atoms with Crippen LogP contribution in [0.3, 0.4) is 0 Å². The molecule has 0 aromatic rings. The van der Waals surface area contributed by atoms with Gasteiger partial charge >= 0.3 is 6.03 Å². The van der Waals surface area contributed by atoms with Gasteiger partial charge < -0.3 is 15.3 Å². The van der Waals surface area contributed by atoms with Crippen LogP contribution in [-0.2, 0) is 0 Å². The van der Waals surface area contributed by atoms with Gasteiger partial charge in [0.15, 0.2) is 0 Å². The number of hydrogen-bond donors (Lipinski definition) is 2. The van der Waals surface area contributed by atoms with E-state index in [1.54, 1.807) is 0 Å². The molecule has 0 saturated carbocycles. The Morgan fingerprint density at radius 1 is 1.18 bits per heavy atom. The van der Waals surface area contributed by atoms with Crippen molar-refractivity contribution in [2.45, 2.75) is 70.4 Å². The maximum atomic E-state index is 12.4. The van der Waals surface area contributed by atoms with E-state index >= 15 is 0 Å². The number of carbonyl (C=O) groups is 1. The summed E-state index contributed by atoms with van der Waals surface area (Å²) in [5.74, 6) is 0. The summed E-state index contributed by atoms with van der Waals surface area (Å²) in [6.07, 6.45) is 9.25. The summed E-state index contributed by atoms with van der Waals surface area (Å²) in [6.45, 7) is 6.37. The molecule has 5 heteroatoms. The number of nitrogens with one attached hydrogen (secondary N) is 1. The quantitative estimate of drug-likeness (QED) is 0.818. The highest BCUT2D eigenvalue weighted by molar-refractivity contribution is 5.74. The minimum atomic E-state index is 0.0740. The lowest BCUT2D eigenvalue weighted by Crippen LogP contribution is -2.53. The van der Waals surface area contributed by atoms with Crippen LogP contribution in [0, 0.1) is 0 Å². The predicted octanol–water partition coefficient (Wildman–Crippen LogP) is 2.20. The Hall–Kier alpha value is -0.810. The van der Waals surface area contributed by atoms with Crippen LogP contribution < -0.4 is 5.32 Å². The lowest BCUT2D eigenvalue weighted by atomic mass is 10.0. The van der Waals surface area contributed by atoms with E-state index in [0.717, 1.165) is 32.4 Å². The van der Waals surface area contributed by atoms with Crippen molar-refractivity contribution in [1.82, 2.24) is 15.1 Å². The van der Waals surface area contributed by atoms with Crippen LogP contribution in [0.15, 0.2) is 0 Å². The molecule has 0 radical (unpaired) electrons. The summed E-state index contributed by atoms with van der Waals surface area (Å²) >= 11 is 0. The second-order valence-corrected chi connectivity index (χ2v) is 6.91. The van der Waals surface area contributed by atoms with E-state index in [2.05, 4.69) is 10.2 Å². The summed E-state index contributed by atoms with van der Waals surface area (Å²) in [6, 6.07) is 0.758. The standard InChI is InChI=1S/C17H33N3O2/c1-15(8-7-13-21)18-17(22)20-12-6-9-16(14-20)19-10-4-2-3-5-11-19/h15-16,21H,2-14H2,1H3,(H,18,22). The topological polar surface area (TPSA) is 55.8 Å². The van der Waals surface area contributed by atoms with E-state index in [9.17, 15) is 4.79 Å². The van der Waals surface area contributed by atoms with Gasteiger partial charge in [-0.3, -0.25) is 4.90 Å². The number of aliphatic hydroxyl groups excluding tert-OH is 1.